The minimum absolute atomic E-state index is 0.131. The first-order valence-corrected chi connectivity index (χ1v) is 9.21. The van der Waals surface area contributed by atoms with Crippen molar-refractivity contribution in [2.45, 2.75) is 56.0 Å². The maximum absolute atomic E-state index is 6.18. The van der Waals surface area contributed by atoms with Gasteiger partial charge in [-0.15, -0.1) is 0 Å². The van der Waals surface area contributed by atoms with E-state index in [4.69, 9.17) is 5.73 Å². The van der Waals surface area contributed by atoms with Crippen LogP contribution in [-0.4, -0.2) is 29.6 Å². The van der Waals surface area contributed by atoms with Gasteiger partial charge in [-0.3, -0.25) is 4.90 Å². The number of benzene rings is 1. The molecule has 0 aromatic heterocycles. The van der Waals surface area contributed by atoms with Gasteiger partial charge in [-0.05, 0) is 55.4 Å². The fourth-order valence-electron chi connectivity index (χ4n) is 6.03. The van der Waals surface area contributed by atoms with Crippen molar-refractivity contribution in [3.63, 3.8) is 0 Å². The Labute approximate surface area is 134 Å². The number of likely N-dealkylation sites (tertiary alicyclic amines) is 1. The Bertz CT molecular complexity index is 585. The van der Waals surface area contributed by atoms with E-state index in [1.807, 2.05) is 0 Å². The van der Waals surface area contributed by atoms with Crippen molar-refractivity contribution in [1.82, 2.24) is 4.90 Å². The quantitative estimate of drug-likeness (QED) is 0.846. The maximum Gasteiger partial charge on any atom is 0.0399 e. The van der Waals surface area contributed by atoms with Crippen LogP contribution >= 0.6 is 0 Å². The molecule has 5 rings (SSSR count). The molecule has 2 N–H and O–H groups in total. The smallest absolute Gasteiger partial charge is 0.0399 e. The van der Waals surface area contributed by atoms with Crippen molar-refractivity contribution in [3.05, 3.63) is 35.9 Å². The van der Waals surface area contributed by atoms with Crippen molar-refractivity contribution in [1.29, 1.82) is 0 Å². The second-order valence-electron chi connectivity index (χ2n) is 8.62. The summed E-state index contributed by atoms with van der Waals surface area (Å²) >= 11 is 0. The first-order chi connectivity index (χ1) is 10.7. The van der Waals surface area contributed by atoms with Crippen molar-refractivity contribution >= 4 is 0 Å². The first kappa shape index (κ1) is 13.6. The molecule has 1 aromatic carbocycles. The van der Waals surface area contributed by atoms with Gasteiger partial charge in [-0.2, -0.15) is 0 Å². The lowest BCUT2D eigenvalue weighted by Crippen LogP contribution is -2.44. The summed E-state index contributed by atoms with van der Waals surface area (Å²) < 4.78 is 0. The highest BCUT2D eigenvalue weighted by Gasteiger charge is 2.77. The molecule has 1 aliphatic heterocycles. The molecule has 1 saturated heterocycles. The van der Waals surface area contributed by atoms with Crippen LogP contribution in [0.4, 0.5) is 0 Å². The summed E-state index contributed by atoms with van der Waals surface area (Å²) in [5.41, 5.74) is 8.39. The van der Waals surface area contributed by atoms with Crippen molar-refractivity contribution in [2.24, 2.45) is 23.5 Å². The second-order valence-corrected chi connectivity index (χ2v) is 8.62. The molecule has 0 bridgehead atoms. The Hall–Kier alpha value is -0.860. The molecule has 2 nitrogen and oxygen atoms in total. The predicted octanol–water partition coefficient (Wildman–Crippen LogP) is 3.17. The van der Waals surface area contributed by atoms with Gasteiger partial charge >= 0.3 is 0 Å². The third-order valence-electron chi connectivity index (χ3n) is 7.76. The lowest BCUT2D eigenvalue weighted by Gasteiger charge is -2.41. The molecule has 1 spiro atoms. The normalized spacial score (nSPS) is 46.5. The number of rotatable bonds is 5. The van der Waals surface area contributed by atoms with Crippen molar-refractivity contribution < 1.29 is 0 Å². The monoisotopic (exact) mass is 296 g/mol. The Morgan fingerprint density at radius 3 is 2.77 bits per heavy atom. The van der Waals surface area contributed by atoms with Gasteiger partial charge in [0.25, 0.3) is 0 Å². The standard InChI is InChI=1S/C20H28N2/c1-19(13-21,15-5-3-2-4-6-15)9-10-22-18-12-14-11-16(14)17-7-8-20(17,18)22/h2-6,14,16-18H,7-13,21H2,1H3. The van der Waals surface area contributed by atoms with Crippen LogP contribution in [-0.2, 0) is 5.41 Å². The summed E-state index contributed by atoms with van der Waals surface area (Å²) in [5, 5.41) is 0. The summed E-state index contributed by atoms with van der Waals surface area (Å²) in [6.45, 7) is 4.35. The van der Waals surface area contributed by atoms with Crippen LogP contribution in [0.25, 0.3) is 0 Å². The largest absolute Gasteiger partial charge is 0.330 e. The molecular weight excluding hydrogens is 268 g/mol. The molecule has 118 valence electrons. The van der Waals surface area contributed by atoms with E-state index < -0.39 is 0 Å². The van der Waals surface area contributed by atoms with Gasteiger partial charge in [0, 0.05) is 30.1 Å². The number of fused-ring (bicyclic) bond motifs is 2. The van der Waals surface area contributed by atoms with Gasteiger partial charge in [0.15, 0.2) is 0 Å². The summed E-state index contributed by atoms with van der Waals surface area (Å²) in [7, 11) is 0. The number of nitrogens with zero attached hydrogens (tertiary/aromatic N) is 1. The second kappa shape index (κ2) is 4.36. The average molecular weight is 296 g/mol. The van der Waals surface area contributed by atoms with E-state index in [0.29, 0.717) is 5.54 Å². The highest BCUT2D eigenvalue weighted by molar-refractivity contribution is 5.32. The molecule has 4 fully saturated rings. The molecule has 3 saturated carbocycles. The molecular formula is C20H28N2. The minimum Gasteiger partial charge on any atom is -0.330 e. The summed E-state index contributed by atoms with van der Waals surface area (Å²) in [6, 6.07) is 11.8. The average Bonchev–Trinajstić information content (AvgIpc) is 3.42. The van der Waals surface area contributed by atoms with E-state index in [2.05, 4.69) is 42.2 Å². The topological polar surface area (TPSA) is 29.0 Å². The zero-order valence-corrected chi connectivity index (χ0v) is 13.7. The number of nitrogens with two attached hydrogens (primary N) is 1. The lowest BCUT2D eigenvalue weighted by molar-refractivity contribution is 0.120. The van der Waals surface area contributed by atoms with E-state index in [-0.39, 0.29) is 5.41 Å². The minimum atomic E-state index is 0.131. The molecule has 7 unspecified atom stereocenters. The Morgan fingerprint density at radius 2 is 2.09 bits per heavy atom. The Morgan fingerprint density at radius 1 is 1.27 bits per heavy atom. The van der Waals surface area contributed by atoms with E-state index in [9.17, 15) is 0 Å². The molecule has 3 aliphatic carbocycles. The lowest BCUT2D eigenvalue weighted by atomic mass is 9.64. The third kappa shape index (κ3) is 1.63. The van der Waals surface area contributed by atoms with Crippen LogP contribution < -0.4 is 5.73 Å². The maximum atomic E-state index is 6.18. The number of hydrogen-bond donors (Lipinski definition) is 1. The van der Waals surface area contributed by atoms with Crippen LogP contribution in [0.2, 0.25) is 0 Å². The van der Waals surface area contributed by atoms with Crippen LogP contribution in [0.5, 0.6) is 0 Å². The summed E-state index contributed by atoms with van der Waals surface area (Å²) in [6.07, 6.45) is 7.26. The fraction of sp³-hybridized carbons (Fsp3) is 0.700. The Kier molecular flexibility index (Phi) is 2.69. The van der Waals surface area contributed by atoms with E-state index >= 15 is 0 Å². The molecule has 0 radical (unpaired) electrons. The van der Waals surface area contributed by atoms with Gasteiger partial charge < -0.3 is 5.73 Å². The first-order valence-electron chi connectivity index (χ1n) is 9.21. The van der Waals surface area contributed by atoms with E-state index in [1.165, 1.54) is 37.8 Å². The predicted molar refractivity (Wildman–Crippen MR) is 89.6 cm³/mol. The van der Waals surface area contributed by atoms with Crippen LogP contribution in [0, 0.1) is 17.8 Å². The van der Waals surface area contributed by atoms with Crippen LogP contribution in [0.15, 0.2) is 30.3 Å². The molecule has 22 heavy (non-hydrogen) atoms. The molecule has 4 aliphatic rings. The summed E-state index contributed by atoms with van der Waals surface area (Å²) in [5.74, 6) is 3.28. The highest BCUT2D eigenvalue weighted by Crippen LogP contribution is 2.73. The van der Waals surface area contributed by atoms with Crippen molar-refractivity contribution in [2.75, 3.05) is 13.1 Å². The molecule has 1 heterocycles. The van der Waals surface area contributed by atoms with Gasteiger partial charge in [0.05, 0.1) is 0 Å². The highest BCUT2D eigenvalue weighted by atomic mass is 15.4. The molecule has 7 atom stereocenters. The SMILES string of the molecule is CC(CN)(CCN1C2CC3CC3C3CCC321)c1ccccc1. The van der Waals surface area contributed by atoms with Crippen LogP contribution in [0.1, 0.15) is 44.6 Å². The zero-order valence-electron chi connectivity index (χ0n) is 13.7. The van der Waals surface area contributed by atoms with Gasteiger partial charge in [0.1, 0.15) is 0 Å². The summed E-state index contributed by atoms with van der Waals surface area (Å²) in [4.78, 5) is 2.88. The van der Waals surface area contributed by atoms with E-state index in [0.717, 1.165) is 30.3 Å². The van der Waals surface area contributed by atoms with Gasteiger partial charge in [0.2, 0.25) is 0 Å². The van der Waals surface area contributed by atoms with Gasteiger partial charge in [-0.25, -0.2) is 0 Å². The molecule has 2 heteroatoms. The third-order valence-corrected chi connectivity index (χ3v) is 7.76. The van der Waals surface area contributed by atoms with Crippen molar-refractivity contribution in [3.8, 4) is 0 Å². The number of hydrogen-bond acceptors (Lipinski definition) is 2. The zero-order chi connectivity index (χ0) is 14.9. The van der Waals surface area contributed by atoms with Crippen LogP contribution in [0.3, 0.4) is 0 Å². The van der Waals surface area contributed by atoms with E-state index in [1.54, 1.807) is 6.42 Å². The molecule has 1 aromatic rings. The molecule has 0 amide bonds. The Balaban J connectivity index is 1.30. The fourth-order valence-corrected chi connectivity index (χ4v) is 6.03. The van der Waals surface area contributed by atoms with Gasteiger partial charge in [-0.1, -0.05) is 37.3 Å².